The fourth-order valence-electron chi connectivity index (χ4n) is 2.20. The highest BCUT2D eigenvalue weighted by Crippen LogP contribution is 2.24. The van der Waals surface area contributed by atoms with Crippen molar-refractivity contribution in [1.82, 2.24) is 5.16 Å². The molecule has 1 aromatic heterocycles. The second-order valence-corrected chi connectivity index (χ2v) is 5.01. The molecular weight excluding hydrogens is 292 g/mol. The van der Waals surface area contributed by atoms with Crippen molar-refractivity contribution in [3.63, 3.8) is 0 Å². The third kappa shape index (κ3) is 3.77. The van der Waals surface area contributed by atoms with Gasteiger partial charge in [0.05, 0.1) is 19.2 Å². The van der Waals surface area contributed by atoms with E-state index in [1.807, 2.05) is 54.6 Å². The zero-order valence-corrected chi connectivity index (χ0v) is 12.7. The fourth-order valence-corrected chi connectivity index (χ4v) is 2.20. The molecule has 1 heterocycles. The molecule has 1 amide bonds. The lowest BCUT2D eigenvalue weighted by atomic mass is 10.1. The molecule has 0 bridgehead atoms. The van der Waals surface area contributed by atoms with E-state index in [9.17, 15) is 4.79 Å². The van der Waals surface area contributed by atoms with Gasteiger partial charge < -0.3 is 14.6 Å². The number of benzene rings is 2. The second-order valence-electron chi connectivity index (χ2n) is 5.01. The van der Waals surface area contributed by atoms with E-state index in [0.717, 1.165) is 17.0 Å². The van der Waals surface area contributed by atoms with Gasteiger partial charge in [0, 0.05) is 17.3 Å². The Hall–Kier alpha value is -3.08. The summed E-state index contributed by atoms with van der Waals surface area (Å²) in [7, 11) is 1.61. The van der Waals surface area contributed by atoms with Crippen LogP contribution in [0.5, 0.6) is 5.75 Å². The molecule has 0 aliphatic heterocycles. The normalized spacial score (nSPS) is 10.3. The molecule has 0 aliphatic carbocycles. The van der Waals surface area contributed by atoms with Gasteiger partial charge in [-0.3, -0.25) is 4.79 Å². The minimum atomic E-state index is -0.137. The Kier molecular flexibility index (Phi) is 4.38. The Morgan fingerprint density at radius 1 is 1.13 bits per heavy atom. The summed E-state index contributed by atoms with van der Waals surface area (Å²) in [6.45, 7) is 0. The maximum Gasteiger partial charge on any atom is 0.230 e. The van der Waals surface area contributed by atoms with Crippen molar-refractivity contribution in [2.24, 2.45) is 0 Å². The first kappa shape index (κ1) is 14.8. The van der Waals surface area contributed by atoms with Gasteiger partial charge >= 0.3 is 0 Å². The van der Waals surface area contributed by atoms with E-state index in [0.29, 0.717) is 11.5 Å². The van der Waals surface area contributed by atoms with Crippen molar-refractivity contribution in [3.05, 3.63) is 66.4 Å². The van der Waals surface area contributed by atoms with Gasteiger partial charge in [-0.05, 0) is 24.3 Å². The number of aromatic nitrogens is 1. The van der Waals surface area contributed by atoms with Gasteiger partial charge in [-0.15, -0.1) is 0 Å². The first-order valence-corrected chi connectivity index (χ1v) is 7.19. The predicted molar refractivity (Wildman–Crippen MR) is 87.3 cm³/mol. The SMILES string of the molecule is COc1cccc(-c2cc(CC(=O)Nc3ccccc3)no2)c1. The molecule has 0 saturated heterocycles. The van der Waals surface area contributed by atoms with Crippen LogP contribution < -0.4 is 10.1 Å². The molecule has 116 valence electrons. The third-order valence-corrected chi connectivity index (χ3v) is 3.31. The molecule has 0 spiro atoms. The van der Waals surface area contributed by atoms with Crippen LogP contribution in [0.2, 0.25) is 0 Å². The van der Waals surface area contributed by atoms with Gasteiger partial charge in [0.15, 0.2) is 5.76 Å². The number of rotatable bonds is 5. The van der Waals surface area contributed by atoms with Gasteiger partial charge in [0.2, 0.25) is 5.91 Å². The van der Waals surface area contributed by atoms with Crippen molar-refractivity contribution < 1.29 is 14.1 Å². The number of anilines is 1. The van der Waals surface area contributed by atoms with E-state index in [4.69, 9.17) is 9.26 Å². The Bertz CT molecular complexity index is 797. The third-order valence-electron chi connectivity index (χ3n) is 3.31. The van der Waals surface area contributed by atoms with Crippen LogP contribution in [0.25, 0.3) is 11.3 Å². The zero-order chi connectivity index (χ0) is 16.1. The van der Waals surface area contributed by atoms with Crippen LogP contribution in [0.1, 0.15) is 5.69 Å². The number of nitrogens with zero attached hydrogens (tertiary/aromatic N) is 1. The number of hydrogen-bond donors (Lipinski definition) is 1. The van der Waals surface area contributed by atoms with E-state index >= 15 is 0 Å². The summed E-state index contributed by atoms with van der Waals surface area (Å²) in [5.74, 6) is 1.20. The maximum absolute atomic E-state index is 12.0. The Morgan fingerprint density at radius 3 is 2.74 bits per heavy atom. The number of para-hydroxylation sites is 1. The van der Waals surface area contributed by atoms with Gasteiger partial charge in [-0.2, -0.15) is 0 Å². The predicted octanol–water partition coefficient (Wildman–Crippen LogP) is 3.53. The maximum atomic E-state index is 12.0. The van der Waals surface area contributed by atoms with Crippen LogP contribution in [0.3, 0.4) is 0 Å². The number of nitrogens with one attached hydrogen (secondary N) is 1. The number of carbonyl (C=O) groups excluding carboxylic acids is 1. The Balaban J connectivity index is 1.68. The highest BCUT2D eigenvalue weighted by atomic mass is 16.5. The first-order valence-electron chi connectivity index (χ1n) is 7.19. The van der Waals surface area contributed by atoms with Crippen molar-refractivity contribution >= 4 is 11.6 Å². The molecule has 0 saturated carbocycles. The van der Waals surface area contributed by atoms with E-state index in [1.54, 1.807) is 13.2 Å². The molecule has 0 atom stereocenters. The minimum absolute atomic E-state index is 0.137. The summed E-state index contributed by atoms with van der Waals surface area (Å²) >= 11 is 0. The standard InChI is InChI=1S/C18H16N2O3/c1-22-16-9-5-6-13(10-16)17-11-15(20-23-17)12-18(21)19-14-7-3-2-4-8-14/h2-11H,12H2,1H3,(H,19,21). The average Bonchev–Trinajstić information content (AvgIpc) is 3.04. The molecule has 0 radical (unpaired) electrons. The van der Waals surface area contributed by atoms with Gasteiger partial charge in [0.1, 0.15) is 5.75 Å². The van der Waals surface area contributed by atoms with Crippen LogP contribution in [0, 0.1) is 0 Å². The van der Waals surface area contributed by atoms with E-state index in [-0.39, 0.29) is 12.3 Å². The molecule has 5 nitrogen and oxygen atoms in total. The summed E-state index contributed by atoms with van der Waals surface area (Å²) in [6.07, 6.45) is 0.155. The van der Waals surface area contributed by atoms with Crippen molar-refractivity contribution in [2.45, 2.75) is 6.42 Å². The average molecular weight is 308 g/mol. The first-order chi connectivity index (χ1) is 11.2. The highest BCUT2D eigenvalue weighted by molar-refractivity contribution is 5.92. The van der Waals surface area contributed by atoms with Crippen LogP contribution in [0.4, 0.5) is 5.69 Å². The molecule has 3 aromatic rings. The number of ether oxygens (including phenoxy) is 1. The molecule has 0 unspecified atom stereocenters. The van der Waals surface area contributed by atoms with Gasteiger partial charge in [0.25, 0.3) is 0 Å². The Labute approximate surface area is 133 Å². The van der Waals surface area contributed by atoms with Gasteiger partial charge in [-0.1, -0.05) is 35.5 Å². The fraction of sp³-hybridized carbons (Fsp3) is 0.111. The van der Waals surface area contributed by atoms with Gasteiger partial charge in [-0.25, -0.2) is 0 Å². The molecular formula is C18H16N2O3. The molecule has 0 fully saturated rings. The summed E-state index contributed by atoms with van der Waals surface area (Å²) in [4.78, 5) is 12.0. The summed E-state index contributed by atoms with van der Waals surface area (Å²) in [6, 6.07) is 18.6. The highest BCUT2D eigenvalue weighted by Gasteiger charge is 2.11. The number of hydrogen-bond acceptors (Lipinski definition) is 4. The summed E-state index contributed by atoms with van der Waals surface area (Å²) < 4.78 is 10.5. The minimum Gasteiger partial charge on any atom is -0.497 e. The lowest BCUT2D eigenvalue weighted by Crippen LogP contribution is -2.14. The van der Waals surface area contributed by atoms with E-state index in [2.05, 4.69) is 10.5 Å². The van der Waals surface area contributed by atoms with Crippen LogP contribution in [-0.4, -0.2) is 18.2 Å². The molecule has 3 rings (SSSR count). The summed E-state index contributed by atoms with van der Waals surface area (Å²) in [5, 5.41) is 6.77. The van der Waals surface area contributed by atoms with Crippen LogP contribution >= 0.6 is 0 Å². The topological polar surface area (TPSA) is 64.4 Å². The largest absolute Gasteiger partial charge is 0.497 e. The van der Waals surface area contributed by atoms with Crippen molar-refractivity contribution in [1.29, 1.82) is 0 Å². The number of methoxy groups -OCH3 is 1. The molecule has 23 heavy (non-hydrogen) atoms. The van der Waals surface area contributed by atoms with Crippen molar-refractivity contribution in [3.8, 4) is 17.1 Å². The smallest absolute Gasteiger partial charge is 0.230 e. The molecule has 0 aliphatic rings. The second kappa shape index (κ2) is 6.79. The van der Waals surface area contributed by atoms with E-state index in [1.165, 1.54) is 0 Å². The number of amides is 1. The quantitative estimate of drug-likeness (QED) is 0.783. The molecule has 5 heteroatoms. The van der Waals surface area contributed by atoms with Crippen LogP contribution in [-0.2, 0) is 11.2 Å². The van der Waals surface area contributed by atoms with E-state index < -0.39 is 0 Å². The lowest BCUT2D eigenvalue weighted by molar-refractivity contribution is -0.115. The monoisotopic (exact) mass is 308 g/mol. The molecule has 1 N–H and O–H groups in total. The van der Waals surface area contributed by atoms with Crippen LogP contribution in [0.15, 0.2) is 65.2 Å². The number of carbonyl (C=O) groups is 1. The Morgan fingerprint density at radius 2 is 1.96 bits per heavy atom. The summed E-state index contributed by atoms with van der Waals surface area (Å²) in [5.41, 5.74) is 2.19. The molecule has 2 aromatic carbocycles. The lowest BCUT2D eigenvalue weighted by Gasteiger charge is -2.02. The van der Waals surface area contributed by atoms with Crippen molar-refractivity contribution in [2.75, 3.05) is 12.4 Å². The zero-order valence-electron chi connectivity index (χ0n) is 12.7.